The normalized spacial score (nSPS) is 13.4. The summed E-state index contributed by atoms with van der Waals surface area (Å²) in [4.78, 5) is 0. The zero-order valence-electron chi connectivity index (χ0n) is 25.5. The van der Waals surface area contributed by atoms with Crippen LogP contribution in [-0.4, -0.2) is 0 Å². The van der Waals surface area contributed by atoms with Gasteiger partial charge in [0.2, 0.25) is 0 Å². The van der Waals surface area contributed by atoms with Crippen molar-refractivity contribution in [2.75, 3.05) is 0 Å². The lowest BCUT2D eigenvalue weighted by atomic mass is 9.89. The van der Waals surface area contributed by atoms with Gasteiger partial charge in [-0.2, -0.15) is 0 Å². The van der Waals surface area contributed by atoms with E-state index in [1.54, 1.807) is 0 Å². The van der Waals surface area contributed by atoms with Crippen LogP contribution in [0.1, 0.15) is 5.48 Å². The smallest absolute Gasteiger partial charge is 0.0616 e. The fourth-order valence-corrected chi connectivity index (χ4v) is 6.45. The highest BCUT2D eigenvalue weighted by Crippen LogP contribution is 2.40. The minimum atomic E-state index is -0.0303. The van der Waals surface area contributed by atoms with E-state index in [1.807, 2.05) is 36.4 Å². The van der Waals surface area contributed by atoms with Crippen molar-refractivity contribution >= 4 is 64.6 Å². The molecule has 0 aliphatic rings. The molecule has 0 atom stereocenters. The van der Waals surface area contributed by atoms with Gasteiger partial charge >= 0.3 is 0 Å². The summed E-state index contributed by atoms with van der Waals surface area (Å²) in [7, 11) is 0. The highest BCUT2D eigenvalue weighted by molar-refractivity contribution is 6.25. The monoisotopic (exact) mass is 508 g/mol. The number of benzene rings is 9. The summed E-state index contributed by atoms with van der Waals surface area (Å²) in [5.41, 5.74) is 2.05. The van der Waals surface area contributed by atoms with Gasteiger partial charge in [0.15, 0.2) is 0 Å². The van der Waals surface area contributed by atoms with E-state index >= 15 is 0 Å². The SMILES string of the molecule is [2H]c1c([2H])c(-c2ccc3ccc4cccc5ccc2c3c45)c([2H])c([2H])c1-c1ccc2cc3ccc4ccccc4c3cc2c1. The second-order valence-electron chi connectivity index (χ2n) is 10.6. The summed E-state index contributed by atoms with van der Waals surface area (Å²) in [5, 5.41) is 13.3. The number of hydrogen-bond acceptors (Lipinski definition) is 0. The lowest BCUT2D eigenvalue weighted by Crippen LogP contribution is -1.87. The molecule has 0 unspecified atom stereocenters. The summed E-state index contributed by atoms with van der Waals surface area (Å²) in [6, 6.07) is 41.4. The van der Waals surface area contributed by atoms with Crippen molar-refractivity contribution in [2.45, 2.75) is 0 Å². The Hall–Kier alpha value is -5.20. The Morgan fingerprint density at radius 1 is 0.325 bits per heavy atom. The maximum Gasteiger partial charge on any atom is 0.0629 e. The molecule has 0 spiro atoms. The highest BCUT2D eigenvalue weighted by atomic mass is 14.2. The average Bonchev–Trinajstić information content (AvgIpc) is 3.06. The molecule has 0 heterocycles. The van der Waals surface area contributed by atoms with Crippen molar-refractivity contribution in [3.63, 3.8) is 0 Å². The van der Waals surface area contributed by atoms with E-state index in [2.05, 4.69) is 84.9 Å². The molecule has 40 heavy (non-hydrogen) atoms. The van der Waals surface area contributed by atoms with E-state index in [9.17, 15) is 0 Å². The van der Waals surface area contributed by atoms with Crippen molar-refractivity contribution in [2.24, 2.45) is 0 Å². The number of hydrogen-bond donors (Lipinski definition) is 0. The van der Waals surface area contributed by atoms with Crippen molar-refractivity contribution in [3.05, 3.63) is 145 Å². The first kappa shape index (κ1) is 18.2. The first-order chi connectivity index (χ1) is 21.5. The Kier molecular flexibility index (Phi) is 3.70. The largest absolute Gasteiger partial charge is 0.0629 e. The maximum atomic E-state index is 9.16. The molecule has 184 valence electrons. The third-order valence-corrected chi connectivity index (χ3v) is 8.41. The van der Waals surface area contributed by atoms with Gasteiger partial charge in [-0.05, 0) is 105 Å². The fourth-order valence-electron chi connectivity index (χ4n) is 6.45. The second-order valence-corrected chi connectivity index (χ2v) is 10.6. The van der Waals surface area contributed by atoms with Crippen LogP contribution < -0.4 is 0 Å². The zero-order chi connectivity index (χ0) is 29.7. The molecule has 0 aliphatic carbocycles. The van der Waals surface area contributed by atoms with Gasteiger partial charge in [0.1, 0.15) is 0 Å². The van der Waals surface area contributed by atoms with Crippen LogP contribution in [0.15, 0.2) is 145 Å². The third kappa shape index (κ3) is 3.14. The molecule has 0 radical (unpaired) electrons. The van der Waals surface area contributed by atoms with Crippen LogP contribution in [0.3, 0.4) is 0 Å². The van der Waals surface area contributed by atoms with Gasteiger partial charge in [0, 0.05) is 0 Å². The van der Waals surface area contributed by atoms with Crippen molar-refractivity contribution in [1.29, 1.82) is 0 Å². The van der Waals surface area contributed by atoms with Gasteiger partial charge in [-0.15, -0.1) is 0 Å². The molecule has 0 N–H and O–H groups in total. The molecule has 0 bridgehead atoms. The van der Waals surface area contributed by atoms with Gasteiger partial charge in [-0.1, -0.05) is 127 Å². The van der Waals surface area contributed by atoms with Crippen molar-refractivity contribution in [1.82, 2.24) is 0 Å². The third-order valence-electron chi connectivity index (χ3n) is 8.41. The zero-order valence-corrected chi connectivity index (χ0v) is 21.5. The van der Waals surface area contributed by atoms with Crippen LogP contribution in [0, 0.1) is 0 Å². The maximum absolute atomic E-state index is 9.16. The Labute approximate surface area is 237 Å². The van der Waals surface area contributed by atoms with Crippen molar-refractivity contribution in [3.8, 4) is 22.3 Å². The van der Waals surface area contributed by atoms with Gasteiger partial charge in [0.25, 0.3) is 0 Å². The Morgan fingerprint density at radius 2 is 0.975 bits per heavy atom. The molecular weight excluding hydrogens is 480 g/mol. The Bertz CT molecular complexity index is 2610. The summed E-state index contributed by atoms with van der Waals surface area (Å²) in [6.07, 6.45) is 0. The lowest BCUT2D eigenvalue weighted by Gasteiger charge is -2.14. The van der Waals surface area contributed by atoms with Crippen LogP contribution in [0.5, 0.6) is 0 Å². The predicted octanol–water partition coefficient (Wildman–Crippen LogP) is 11.4. The minimum Gasteiger partial charge on any atom is -0.0616 e. The molecule has 0 fully saturated rings. The van der Waals surface area contributed by atoms with Crippen LogP contribution in [-0.2, 0) is 0 Å². The van der Waals surface area contributed by atoms with E-state index in [0.29, 0.717) is 16.7 Å². The molecule has 0 heteroatoms. The lowest BCUT2D eigenvalue weighted by molar-refractivity contribution is 1.63. The van der Waals surface area contributed by atoms with Crippen LogP contribution in [0.25, 0.3) is 86.9 Å². The van der Waals surface area contributed by atoms with Gasteiger partial charge < -0.3 is 0 Å². The van der Waals surface area contributed by atoms with E-state index in [4.69, 9.17) is 5.48 Å². The first-order valence-electron chi connectivity index (χ1n) is 15.6. The van der Waals surface area contributed by atoms with E-state index in [-0.39, 0.29) is 24.2 Å². The Balaban J connectivity index is 1.26. The molecule has 0 saturated carbocycles. The van der Waals surface area contributed by atoms with E-state index < -0.39 is 0 Å². The summed E-state index contributed by atoms with van der Waals surface area (Å²) in [6.45, 7) is 0. The number of fused-ring (bicyclic) bond motifs is 4. The average molecular weight is 509 g/mol. The molecule has 9 aromatic rings. The minimum absolute atomic E-state index is 0.0272. The van der Waals surface area contributed by atoms with Crippen LogP contribution >= 0.6 is 0 Å². The molecule has 0 aromatic heterocycles. The molecule has 0 amide bonds. The van der Waals surface area contributed by atoms with E-state index in [1.165, 1.54) is 10.8 Å². The summed E-state index contributed by atoms with van der Waals surface area (Å²) in [5.74, 6) is 0. The first-order valence-corrected chi connectivity index (χ1v) is 13.6. The number of rotatable bonds is 2. The molecular formula is C40H24. The van der Waals surface area contributed by atoms with Crippen LogP contribution in [0.2, 0.25) is 0 Å². The molecule has 0 nitrogen and oxygen atoms in total. The molecule has 9 aromatic carbocycles. The molecule has 0 saturated heterocycles. The predicted molar refractivity (Wildman–Crippen MR) is 174 cm³/mol. The summed E-state index contributed by atoms with van der Waals surface area (Å²) >= 11 is 0. The molecule has 0 aliphatic heterocycles. The van der Waals surface area contributed by atoms with Gasteiger partial charge in [-0.3, -0.25) is 0 Å². The fraction of sp³-hybridized carbons (Fsp3) is 0. The quantitative estimate of drug-likeness (QED) is 0.161. The standard InChI is InChI=1S/C40H24/c1-2-7-35-26(4-1)12-17-33-22-32-16-15-31(23-34(32)24-38(33)35)25-8-10-27(11-9-25)36-20-18-30-14-13-28-5-3-6-29-19-21-37(36)40(30)39(28)29/h1-24H/i8D,9D,10D,11D. The molecule has 9 rings (SSSR count). The topological polar surface area (TPSA) is 0 Å². The second kappa shape index (κ2) is 8.15. The Morgan fingerprint density at radius 3 is 1.85 bits per heavy atom. The van der Waals surface area contributed by atoms with Crippen LogP contribution in [0.4, 0.5) is 0 Å². The van der Waals surface area contributed by atoms with Crippen molar-refractivity contribution < 1.29 is 5.48 Å². The highest BCUT2D eigenvalue weighted by Gasteiger charge is 2.12. The van der Waals surface area contributed by atoms with Gasteiger partial charge in [-0.25, -0.2) is 0 Å². The summed E-state index contributed by atoms with van der Waals surface area (Å²) < 4.78 is 36.6. The van der Waals surface area contributed by atoms with E-state index in [0.717, 1.165) is 59.4 Å². The van der Waals surface area contributed by atoms with Gasteiger partial charge in [0.05, 0.1) is 5.48 Å².